The molecule has 0 spiro atoms. The van der Waals surface area contributed by atoms with Gasteiger partial charge >= 0.3 is 0 Å². The van der Waals surface area contributed by atoms with E-state index in [1.54, 1.807) is 0 Å². The Morgan fingerprint density at radius 1 is 1.04 bits per heavy atom. The smallest absolute Gasteiger partial charge is 0.248 e. The van der Waals surface area contributed by atoms with E-state index in [1.807, 2.05) is 68.4 Å². The zero-order valence-electron chi connectivity index (χ0n) is 13.9. The third-order valence-corrected chi connectivity index (χ3v) is 4.09. The topological polar surface area (TPSA) is 51.2 Å². The summed E-state index contributed by atoms with van der Waals surface area (Å²) in [5, 5.41) is 1.08. The van der Waals surface area contributed by atoms with E-state index in [0.29, 0.717) is 6.61 Å². The number of nitrogens with one attached hydrogen (secondary N) is 1. The van der Waals surface area contributed by atoms with Crippen LogP contribution in [0.15, 0.2) is 54.6 Å². The zero-order chi connectivity index (χ0) is 16.9. The van der Waals surface area contributed by atoms with Crippen LogP contribution in [-0.4, -0.2) is 10.9 Å². The molecule has 0 aliphatic rings. The minimum absolute atomic E-state index is 0.172. The summed E-state index contributed by atoms with van der Waals surface area (Å²) in [7, 11) is 0. The Hall–Kier alpha value is -2.72. The van der Waals surface area contributed by atoms with Gasteiger partial charge in [-0.1, -0.05) is 48.5 Å². The number of para-hydroxylation sites is 1. The second-order valence-corrected chi connectivity index (χ2v) is 5.79. The molecular formula is C20H20N2O2. The Labute approximate surface area is 141 Å². The average molecular weight is 320 g/mol. The van der Waals surface area contributed by atoms with Gasteiger partial charge in [-0.25, -0.2) is 5.48 Å². The summed E-state index contributed by atoms with van der Waals surface area (Å²) in [6.07, 6.45) is 0.254. The molecule has 0 aliphatic carbocycles. The van der Waals surface area contributed by atoms with E-state index >= 15 is 0 Å². The van der Waals surface area contributed by atoms with Gasteiger partial charge in [-0.3, -0.25) is 14.6 Å². The number of hydrogen-bond donors (Lipinski definition) is 1. The molecule has 0 unspecified atom stereocenters. The molecule has 122 valence electrons. The molecule has 0 saturated carbocycles. The van der Waals surface area contributed by atoms with Crippen LogP contribution in [0.2, 0.25) is 0 Å². The highest BCUT2D eigenvalue weighted by atomic mass is 16.6. The van der Waals surface area contributed by atoms with Crippen molar-refractivity contribution >= 4 is 16.8 Å². The van der Waals surface area contributed by atoms with E-state index in [2.05, 4.69) is 10.5 Å². The molecule has 4 heteroatoms. The van der Waals surface area contributed by atoms with Gasteiger partial charge in [0.25, 0.3) is 0 Å². The molecule has 1 N–H and O–H groups in total. The number of rotatable bonds is 5. The van der Waals surface area contributed by atoms with Crippen LogP contribution in [0, 0.1) is 13.8 Å². The Bertz CT molecular complexity index is 860. The minimum atomic E-state index is -0.172. The molecule has 0 aliphatic heterocycles. The van der Waals surface area contributed by atoms with E-state index < -0.39 is 0 Å². The van der Waals surface area contributed by atoms with Crippen molar-refractivity contribution in [2.75, 3.05) is 0 Å². The standard InChI is InChI=1S/C20H20N2O2/c1-14-17-10-6-7-11-19(17)21-15(2)18(14)12-20(23)22-24-13-16-8-4-3-5-9-16/h3-11H,12-13H2,1-2H3,(H,22,23). The fraction of sp³-hybridized carbons (Fsp3) is 0.200. The van der Waals surface area contributed by atoms with Crippen LogP contribution < -0.4 is 5.48 Å². The lowest BCUT2D eigenvalue weighted by Crippen LogP contribution is -2.26. The fourth-order valence-corrected chi connectivity index (χ4v) is 2.80. The molecule has 0 fully saturated rings. The molecule has 1 heterocycles. The normalized spacial score (nSPS) is 10.8. The molecule has 2 aromatic carbocycles. The third kappa shape index (κ3) is 3.60. The first kappa shape index (κ1) is 16.1. The Morgan fingerprint density at radius 3 is 2.54 bits per heavy atom. The molecule has 1 aromatic heterocycles. The number of hydrogen-bond acceptors (Lipinski definition) is 3. The van der Waals surface area contributed by atoms with Gasteiger partial charge < -0.3 is 0 Å². The number of benzene rings is 2. The maximum atomic E-state index is 12.2. The van der Waals surface area contributed by atoms with E-state index in [9.17, 15) is 4.79 Å². The van der Waals surface area contributed by atoms with E-state index in [1.165, 1.54) is 0 Å². The van der Waals surface area contributed by atoms with Crippen molar-refractivity contribution in [3.05, 3.63) is 77.0 Å². The first-order valence-corrected chi connectivity index (χ1v) is 7.94. The Kier molecular flexibility index (Phi) is 4.87. The van der Waals surface area contributed by atoms with E-state index in [-0.39, 0.29) is 12.3 Å². The highest BCUT2D eigenvalue weighted by Gasteiger charge is 2.13. The van der Waals surface area contributed by atoms with Gasteiger partial charge in [0.2, 0.25) is 5.91 Å². The van der Waals surface area contributed by atoms with Crippen LogP contribution in [0.4, 0.5) is 0 Å². The number of aryl methyl sites for hydroxylation is 2. The lowest BCUT2D eigenvalue weighted by atomic mass is 9.99. The number of aromatic nitrogens is 1. The largest absolute Gasteiger partial charge is 0.272 e. The number of pyridine rings is 1. The van der Waals surface area contributed by atoms with Gasteiger partial charge in [-0.2, -0.15) is 0 Å². The summed E-state index contributed by atoms with van der Waals surface area (Å²) in [5.74, 6) is -0.172. The number of carbonyl (C=O) groups is 1. The van der Waals surface area contributed by atoms with Crippen molar-refractivity contribution in [3.63, 3.8) is 0 Å². The Morgan fingerprint density at radius 2 is 1.75 bits per heavy atom. The molecule has 3 rings (SSSR count). The van der Waals surface area contributed by atoms with Gasteiger partial charge in [0, 0.05) is 11.1 Å². The second kappa shape index (κ2) is 7.23. The van der Waals surface area contributed by atoms with Crippen molar-refractivity contribution < 1.29 is 9.63 Å². The molecule has 0 atom stereocenters. The number of fused-ring (bicyclic) bond motifs is 1. The predicted octanol–water partition coefficient (Wildman–Crippen LogP) is 3.64. The minimum Gasteiger partial charge on any atom is -0.272 e. The van der Waals surface area contributed by atoms with E-state index in [0.717, 1.165) is 33.3 Å². The lowest BCUT2D eigenvalue weighted by Gasteiger charge is -2.12. The Balaban J connectivity index is 1.67. The predicted molar refractivity (Wildman–Crippen MR) is 94.3 cm³/mol. The van der Waals surface area contributed by atoms with Crippen molar-refractivity contribution in [3.8, 4) is 0 Å². The van der Waals surface area contributed by atoms with Gasteiger partial charge in [0.1, 0.15) is 0 Å². The molecule has 4 nitrogen and oxygen atoms in total. The van der Waals surface area contributed by atoms with Crippen LogP contribution in [-0.2, 0) is 22.7 Å². The lowest BCUT2D eigenvalue weighted by molar-refractivity contribution is -0.133. The van der Waals surface area contributed by atoms with Crippen LogP contribution in [0.1, 0.15) is 22.4 Å². The monoisotopic (exact) mass is 320 g/mol. The number of nitrogens with zero attached hydrogens (tertiary/aromatic N) is 1. The van der Waals surface area contributed by atoms with Gasteiger partial charge in [0.05, 0.1) is 18.5 Å². The summed E-state index contributed by atoms with van der Waals surface area (Å²) >= 11 is 0. The van der Waals surface area contributed by atoms with Gasteiger partial charge in [-0.15, -0.1) is 0 Å². The molecule has 0 saturated heterocycles. The molecular weight excluding hydrogens is 300 g/mol. The summed E-state index contributed by atoms with van der Waals surface area (Å²) in [6, 6.07) is 17.7. The van der Waals surface area contributed by atoms with E-state index in [4.69, 9.17) is 4.84 Å². The SMILES string of the molecule is Cc1nc2ccccc2c(C)c1CC(=O)NOCc1ccccc1. The first-order valence-electron chi connectivity index (χ1n) is 7.94. The van der Waals surface area contributed by atoms with Crippen molar-refractivity contribution in [2.24, 2.45) is 0 Å². The van der Waals surface area contributed by atoms with Crippen LogP contribution in [0.25, 0.3) is 10.9 Å². The van der Waals surface area contributed by atoms with Crippen LogP contribution in [0.5, 0.6) is 0 Å². The number of amides is 1. The highest BCUT2D eigenvalue weighted by molar-refractivity contribution is 5.86. The summed E-state index contributed by atoms with van der Waals surface area (Å²) in [4.78, 5) is 22.1. The summed E-state index contributed by atoms with van der Waals surface area (Å²) < 4.78 is 0. The molecule has 24 heavy (non-hydrogen) atoms. The third-order valence-electron chi connectivity index (χ3n) is 4.09. The van der Waals surface area contributed by atoms with Gasteiger partial charge in [0.15, 0.2) is 0 Å². The zero-order valence-corrected chi connectivity index (χ0v) is 13.9. The first-order chi connectivity index (χ1) is 11.6. The van der Waals surface area contributed by atoms with Crippen LogP contribution >= 0.6 is 0 Å². The summed E-state index contributed by atoms with van der Waals surface area (Å²) in [5.41, 5.74) is 7.41. The maximum Gasteiger partial charge on any atom is 0.248 e. The summed E-state index contributed by atoms with van der Waals surface area (Å²) in [6.45, 7) is 4.32. The molecule has 3 aromatic rings. The fourth-order valence-electron chi connectivity index (χ4n) is 2.80. The van der Waals surface area contributed by atoms with Crippen LogP contribution in [0.3, 0.4) is 0 Å². The molecule has 0 radical (unpaired) electrons. The molecule has 1 amide bonds. The van der Waals surface area contributed by atoms with Gasteiger partial charge in [-0.05, 0) is 36.6 Å². The molecule has 0 bridgehead atoms. The number of hydroxylamine groups is 1. The van der Waals surface area contributed by atoms with Crippen molar-refractivity contribution in [1.82, 2.24) is 10.5 Å². The van der Waals surface area contributed by atoms with Crippen molar-refractivity contribution in [2.45, 2.75) is 26.9 Å². The second-order valence-electron chi connectivity index (χ2n) is 5.79. The van der Waals surface area contributed by atoms with Crippen molar-refractivity contribution in [1.29, 1.82) is 0 Å². The average Bonchev–Trinajstić information content (AvgIpc) is 2.59. The number of carbonyl (C=O) groups excluding carboxylic acids is 1. The quantitative estimate of drug-likeness (QED) is 0.730. The highest BCUT2D eigenvalue weighted by Crippen LogP contribution is 2.22. The maximum absolute atomic E-state index is 12.2.